The normalized spacial score (nSPS) is 11.1. The minimum atomic E-state index is -1.77. The molecule has 0 spiro atoms. The standard InChI is InChI=1S/C32H46O7Si2.2CH4/c1-40(2,25-17-7-5-15-23-37-31(35)29(33)27-19-11-9-12-20-27)39-41(3,4)26-18-8-6-16-24-38-32(36)30(34)28-21-13-10-14-22-28;;/h9-14,19-22H,5-8,15-18,23-26H2,1-4H3;2*1H4. The van der Waals surface area contributed by atoms with E-state index in [2.05, 4.69) is 26.2 Å². The van der Waals surface area contributed by atoms with Crippen LogP contribution in [0.4, 0.5) is 0 Å². The molecule has 0 aromatic heterocycles. The van der Waals surface area contributed by atoms with Crippen molar-refractivity contribution in [3.63, 3.8) is 0 Å². The second-order valence-electron chi connectivity index (χ2n) is 11.6. The van der Waals surface area contributed by atoms with Gasteiger partial charge in [-0.2, -0.15) is 0 Å². The number of carbonyl (C=O) groups excluding carboxylic acids is 4. The molecule has 0 aliphatic carbocycles. The summed E-state index contributed by atoms with van der Waals surface area (Å²) in [5, 5.41) is 0. The van der Waals surface area contributed by atoms with Gasteiger partial charge in [-0.05, 0) is 51.1 Å². The Morgan fingerprint density at radius 1 is 0.512 bits per heavy atom. The Hall–Kier alpha value is -2.89. The molecule has 0 unspecified atom stereocenters. The quantitative estimate of drug-likeness (QED) is 0.0475. The molecule has 0 N–H and O–H groups in total. The van der Waals surface area contributed by atoms with Crippen LogP contribution in [-0.4, -0.2) is 53.4 Å². The Bertz CT molecular complexity index is 1010. The van der Waals surface area contributed by atoms with Gasteiger partial charge in [-0.15, -0.1) is 0 Å². The predicted molar refractivity (Wildman–Crippen MR) is 180 cm³/mol. The molecular formula is C34H54O7Si2. The lowest BCUT2D eigenvalue weighted by atomic mass is 10.1. The zero-order chi connectivity index (χ0) is 30.1. The van der Waals surface area contributed by atoms with E-state index in [9.17, 15) is 19.2 Å². The fraction of sp³-hybridized carbons (Fsp3) is 0.529. The first-order chi connectivity index (χ1) is 19.5. The van der Waals surface area contributed by atoms with Gasteiger partial charge in [-0.1, -0.05) is 114 Å². The molecule has 0 aliphatic rings. The lowest BCUT2D eigenvalue weighted by Gasteiger charge is -2.34. The Morgan fingerprint density at radius 3 is 1.19 bits per heavy atom. The van der Waals surface area contributed by atoms with Crippen molar-refractivity contribution in [2.75, 3.05) is 13.2 Å². The van der Waals surface area contributed by atoms with Crippen LogP contribution in [0.2, 0.25) is 38.3 Å². The minimum absolute atomic E-state index is 0. The third-order valence-electron chi connectivity index (χ3n) is 6.81. The van der Waals surface area contributed by atoms with E-state index in [0.29, 0.717) is 11.1 Å². The SMILES string of the molecule is C.C.C[Si](C)(CCCCCCOC(=O)C(=O)c1ccccc1)O[Si](C)(C)CCCCCCOC(=O)C(=O)c1ccccc1. The van der Waals surface area contributed by atoms with Crippen molar-refractivity contribution >= 4 is 40.1 Å². The molecule has 43 heavy (non-hydrogen) atoms. The molecule has 2 aromatic rings. The second-order valence-corrected chi connectivity index (χ2v) is 20.5. The second kappa shape index (κ2) is 20.9. The van der Waals surface area contributed by atoms with Crippen LogP contribution in [0.15, 0.2) is 60.7 Å². The van der Waals surface area contributed by atoms with Crippen LogP contribution in [0.1, 0.15) is 86.9 Å². The van der Waals surface area contributed by atoms with Gasteiger partial charge in [0, 0.05) is 11.1 Å². The number of Topliss-reactive ketones (excluding diaryl/α,β-unsaturated/α-hetero) is 2. The number of rotatable bonds is 20. The Morgan fingerprint density at radius 2 is 0.837 bits per heavy atom. The minimum Gasteiger partial charge on any atom is -0.460 e. The number of ether oxygens (including phenoxy) is 2. The molecule has 0 atom stereocenters. The molecule has 0 saturated heterocycles. The van der Waals surface area contributed by atoms with Gasteiger partial charge in [0.2, 0.25) is 0 Å². The number of benzene rings is 2. The number of carbonyl (C=O) groups is 4. The third-order valence-corrected chi connectivity index (χ3v) is 14.3. The van der Waals surface area contributed by atoms with Gasteiger partial charge < -0.3 is 13.6 Å². The maximum absolute atomic E-state index is 12.0. The van der Waals surface area contributed by atoms with E-state index in [-0.39, 0.29) is 28.1 Å². The van der Waals surface area contributed by atoms with Gasteiger partial charge in [0.15, 0.2) is 16.6 Å². The van der Waals surface area contributed by atoms with Crippen LogP contribution in [0.3, 0.4) is 0 Å². The molecular weight excluding hydrogens is 577 g/mol. The van der Waals surface area contributed by atoms with E-state index >= 15 is 0 Å². The smallest absolute Gasteiger partial charge is 0.379 e. The van der Waals surface area contributed by atoms with E-state index in [1.165, 1.54) is 0 Å². The van der Waals surface area contributed by atoms with Crippen molar-refractivity contribution in [3.05, 3.63) is 71.8 Å². The van der Waals surface area contributed by atoms with E-state index in [1.807, 2.05) is 0 Å². The van der Waals surface area contributed by atoms with Gasteiger partial charge in [0.25, 0.3) is 11.6 Å². The highest BCUT2D eigenvalue weighted by Crippen LogP contribution is 2.25. The molecule has 7 nitrogen and oxygen atoms in total. The average molecular weight is 631 g/mol. The first-order valence-electron chi connectivity index (χ1n) is 14.7. The number of esters is 2. The largest absolute Gasteiger partial charge is 0.460 e. The van der Waals surface area contributed by atoms with Crippen LogP contribution in [-0.2, 0) is 23.2 Å². The molecule has 240 valence electrons. The fourth-order valence-corrected chi connectivity index (χ4v) is 13.7. The zero-order valence-corrected chi connectivity index (χ0v) is 27.1. The summed E-state index contributed by atoms with van der Waals surface area (Å²) in [5.41, 5.74) is 0.708. The highest BCUT2D eigenvalue weighted by atomic mass is 28.4. The highest BCUT2D eigenvalue weighted by molar-refractivity contribution is 6.84. The molecule has 0 saturated carbocycles. The summed E-state index contributed by atoms with van der Waals surface area (Å²) in [6.45, 7) is 9.72. The van der Waals surface area contributed by atoms with Crippen LogP contribution in [0.25, 0.3) is 0 Å². The first kappa shape index (κ1) is 40.1. The van der Waals surface area contributed by atoms with Crippen molar-refractivity contribution < 1.29 is 32.8 Å². The molecule has 0 bridgehead atoms. The predicted octanol–water partition coefficient (Wildman–Crippen LogP) is 8.66. The first-order valence-corrected chi connectivity index (χ1v) is 21.0. The molecule has 0 radical (unpaired) electrons. The molecule has 2 rings (SSSR count). The summed E-state index contributed by atoms with van der Waals surface area (Å²) in [6.07, 6.45) is 7.68. The highest BCUT2D eigenvalue weighted by Gasteiger charge is 2.32. The maximum Gasteiger partial charge on any atom is 0.379 e. The lowest BCUT2D eigenvalue weighted by Crippen LogP contribution is -2.44. The van der Waals surface area contributed by atoms with Gasteiger partial charge in [0.1, 0.15) is 0 Å². The topological polar surface area (TPSA) is 96.0 Å². The number of ketones is 2. The van der Waals surface area contributed by atoms with Crippen molar-refractivity contribution in [3.8, 4) is 0 Å². The maximum atomic E-state index is 12.0. The summed E-state index contributed by atoms with van der Waals surface area (Å²) >= 11 is 0. The molecule has 0 aliphatic heterocycles. The fourth-order valence-electron chi connectivity index (χ4n) is 4.74. The van der Waals surface area contributed by atoms with Gasteiger partial charge in [-0.3, -0.25) is 9.59 Å². The summed E-state index contributed by atoms with van der Waals surface area (Å²) in [6, 6.07) is 19.1. The van der Waals surface area contributed by atoms with Crippen molar-refractivity contribution in [1.29, 1.82) is 0 Å². The summed E-state index contributed by atoms with van der Waals surface area (Å²) in [4.78, 5) is 47.9. The Balaban J connectivity index is 0.00000882. The zero-order valence-electron chi connectivity index (χ0n) is 25.1. The van der Waals surface area contributed by atoms with Crippen LogP contribution in [0.5, 0.6) is 0 Å². The van der Waals surface area contributed by atoms with Crippen LogP contribution in [0, 0.1) is 0 Å². The average Bonchev–Trinajstić information content (AvgIpc) is 2.95. The molecule has 0 heterocycles. The number of hydrogen-bond acceptors (Lipinski definition) is 7. The van der Waals surface area contributed by atoms with Crippen LogP contribution < -0.4 is 0 Å². The van der Waals surface area contributed by atoms with Crippen molar-refractivity contribution in [1.82, 2.24) is 0 Å². The van der Waals surface area contributed by atoms with E-state index in [0.717, 1.165) is 63.5 Å². The molecule has 0 fully saturated rings. The van der Waals surface area contributed by atoms with E-state index in [1.54, 1.807) is 60.7 Å². The molecule has 0 amide bonds. The molecule has 9 heteroatoms. The number of hydrogen-bond donors (Lipinski definition) is 0. The van der Waals surface area contributed by atoms with Crippen molar-refractivity contribution in [2.45, 2.75) is 104 Å². The van der Waals surface area contributed by atoms with Gasteiger partial charge in [-0.25, -0.2) is 9.59 Å². The Kier molecular flexibility index (Phi) is 19.5. The van der Waals surface area contributed by atoms with E-state index < -0.39 is 40.1 Å². The number of unbranched alkanes of at least 4 members (excludes halogenated alkanes) is 6. The van der Waals surface area contributed by atoms with Crippen LogP contribution >= 0.6 is 0 Å². The monoisotopic (exact) mass is 630 g/mol. The van der Waals surface area contributed by atoms with E-state index in [4.69, 9.17) is 13.6 Å². The summed E-state index contributed by atoms with van der Waals surface area (Å²) in [7, 11) is -3.54. The third kappa shape index (κ3) is 16.5. The Labute approximate surface area is 262 Å². The molecule has 2 aromatic carbocycles. The van der Waals surface area contributed by atoms with Gasteiger partial charge in [0.05, 0.1) is 13.2 Å². The van der Waals surface area contributed by atoms with Gasteiger partial charge >= 0.3 is 11.9 Å². The summed E-state index contributed by atoms with van der Waals surface area (Å²) in [5.74, 6) is -2.77. The van der Waals surface area contributed by atoms with Crippen molar-refractivity contribution in [2.24, 2.45) is 0 Å². The lowest BCUT2D eigenvalue weighted by molar-refractivity contribution is -0.138. The summed E-state index contributed by atoms with van der Waals surface area (Å²) < 4.78 is 17.0.